The molecule has 0 bridgehead atoms. The second kappa shape index (κ2) is 8.07. The van der Waals surface area contributed by atoms with Crippen molar-refractivity contribution < 1.29 is 24.2 Å². The number of anilines is 1. The third kappa shape index (κ3) is 4.25. The van der Waals surface area contributed by atoms with Gasteiger partial charge in [0, 0.05) is 35.5 Å². The number of carbonyl (C=O) groups excluding carboxylic acids is 1. The summed E-state index contributed by atoms with van der Waals surface area (Å²) in [5.41, 5.74) is 2.82. The van der Waals surface area contributed by atoms with E-state index in [1.165, 1.54) is 22.2 Å². The summed E-state index contributed by atoms with van der Waals surface area (Å²) in [4.78, 5) is 30.1. The minimum absolute atomic E-state index is 0.239. The van der Waals surface area contributed by atoms with Crippen LogP contribution < -0.4 is 10.2 Å². The number of fused-ring (bicyclic) bond motifs is 1. The van der Waals surface area contributed by atoms with E-state index >= 15 is 0 Å². The molecule has 1 aromatic carbocycles. The van der Waals surface area contributed by atoms with Crippen LogP contribution in [0.2, 0.25) is 19.6 Å². The minimum Gasteiger partial charge on any atom is -0.465 e. The molecule has 9 heteroatoms. The van der Waals surface area contributed by atoms with E-state index in [2.05, 4.69) is 24.6 Å². The Bertz CT molecular complexity index is 921. The number of methoxy groups -OCH3 is 1. The molecule has 2 heterocycles. The summed E-state index contributed by atoms with van der Waals surface area (Å²) in [6.45, 7) is 7.96. The Morgan fingerprint density at radius 2 is 2.10 bits per heavy atom. The molecule has 2 amide bonds. The molecule has 3 rings (SSSR count). The number of nitrogens with one attached hydrogen (secondary N) is 1. The van der Waals surface area contributed by atoms with Crippen molar-refractivity contribution in [3.63, 3.8) is 0 Å². The number of hydrogen-bond acceptors (Lipinski definition) is 4. The first-order valence-electron chi connectivity index (χ1n) is 9.67. The monoisotopic (exact) mass is 419 g/mol. The molecule has 0 aliphatic carbocycles. The van der Waals surface area contributed by atoms with E-state index in [0.717, 1.165) is 22.2 Å². The highest BCUT2D eigenvalue weighted by atomic mass is 28.3. The number of ether oxygens (including phenoxy) is 2. The van der Waals surface area contributed by atoms with E-state index in [1.807, 2.05) is 18.2 Å². The quantitative estimate of drug-likeness (QED) is 0.743. The number of benzene rings is 1. The van der Waals surface area contributed by atoms with Crippen molar-refractivity contribution in [2.75, 3.05) is 38.8 Å². The summed E-state index contributed by atoms with van der Waals surface area (Å²) < 4.78 is 10.4. The summed E-state index contributed by atoms with van der Waals surface area (Å²) in [7, 11) is 1.28. The molecule has 1 aromatic heterocycles. The lowest BCUT2D eigenvalue weighted by Crippen LogP contribution is -2.50. The third-order valence-electron chi connectivity index (χ3n) is 5.39. The van der Waals surface area contributed by atoms with Gasteiger partial charge in [0.25, 0.3) is 0 Å². The number of H-pyrrole nitrogens is 1. The van der Waals surface area contributed by atoms with Crippen molar-refractivity contribution in [2.24, 2.45) is 0 Å². The molecule has 0 saturated carbocycles. The number of amides is 2. The molecule has 0 spiro atoms. The molecule has 0 radical (unpaired) electrons. The van der Waals surface area contributed by atoms with Gasteiger partial charge in [-0.1, -0.05) is 19.6 Å². The first kappa shape index (κ1) is 21.2. The van der Waals surface area contributed by atoms with Crippen LogP contribution in [0.4, 0.5) is 15.3 Å². The van der Waals surface area contributed by atoms with E-state index < -0.39 is 20.3 Å². The van der Waals surface area contributed by atoms with Gasteiger partial charge in [-0.3, -0.25) is 4.90 Å². The molecule has 0 unspecified atom stereocenters. The van der Waals surface area contributed by atoms with Gasteiger partial charge in [-0.25, -0.2) is 9.59 Å². The van der Waals surface area contributed by atoms with Gasteiger partial charge in [0.05, 0.1) is 34.4 Å². The first-order chi connectivity index (χ1) is 13.6. The van der Waals surface area contributed by atoms with Gasteiger partial charge in [-0.15, -0.1) is 0 Å². The highest BCUT2D eigenvalue weighted by Gasteiger charge is 2.31. The zero-order chi connectivity index (χ0) is 21.3. The van der Waals surface area contributed by atoms with Gasteiger partial charge >= 0.3 is 12.2 Å². The van der Waals surface area contributed by atoms with Crippen LogP contribution in [0.1, 0.15) is 5.56 Å². The molecule has 1 fully saturated rings. The van der Waals surface area contributed by atoms with Crippen LogP contribution in [-0.4, -0.2) is 75.2 Å². The Labute approximate surface area is 171 Å². The summed E-state index contributed by atoms with van der Waals surface area (Å²) in [5.74, 6) is 0. The van der Waals surface area contributed by atoms with E-state index in [0.29, 0.717) is 26.2 Å². The lowest BCUT2D eigenvalue weighted by Gasteiger charge is -2.34. The van der Waals surface area contributed by atoms with Crippen LogP contribution in [-0.2, 0) is 15.9 Å². The molecular weight excluding hydrogens is 390 g/mol. The Morgan fingerprint density at radius 3 is 2.72 bits per heavy atom. The van der Waals surface area contributed by atoms with E-state index in [4.69, 9.17) is 9.47 Å². The number of morpholine rings is 1. The van der Waals surface area contributed by atoms with Gasteiger partial charge in [0.1, 0.15) is 0 Å². The van der Waals surface area contributed by atoms with Crippen LogP contribution in [0.25, 0.3) is 10.9 Å². The van der Waals surface area contributed by atoms with Crippen molar-refractivity contribution >= 4 is 42.2 Å². The van der Waals surface area contributed by atoms with E-state index in [-0.39, 0.29) is 6.04 Å². The normalized spacial score (nSPS) is 17.4. The molecule has 8 nitrogen and oxygen atoms in total. The number of carboxylic acid groups (broad SMARTS) is 1. The predicted octanol–water partition coefficient (Wildman–Crippen LogP) is 2.84. The molecule has 2 aromatic rings. The summed E-state index contributed by atoms with van der Waals surface area (Å²) in [6.07, 6.45) is -0.791. The summed E-state index contributed by atoms with van der Waals surface area (Å²) in [6, 6.07) is 5.57. The predicted molar refractivity (Wildman–Crippen MR) is 115 cm³/mol. The van der Waals surface area contributed by atoms with Gasteiger partial charge in [0.2, 0.25) is 0 Å². The highest BCUT2D eigenvalue weighted by Crippen LogP contribution is 2.27. The van der Waals surface area contributed by atoms with E-state index in [9.17, 15) is 14.7 Å². The van der Waals surface area contributed by atoms with Crippen molar-refractivity contribution in [1.29, 1.82) is 0 Å². The van der Waals surface area contributed by atoms with Gasteiger partial charge in [0.15, 0.2) is 0 Å². The van der Waals surface area contributed by atoms with Crippen LogP contribution in [0, 0.1) is 0 Å². The Balaban J connectivity index is 2.09. The van der Waals surface area contributed by atoms with Crippen LogP contribution in [0.15, 0.2) is 18.2 Å². The second-order valence-corrected chi connectivity index (χ2v) is 13.4. The summed E-state index contributed by atoms with van der Waals surface area (Å²) in [5, 5.41) is 11.8. The second-order valence-electron chi connectivity index (χ2n) is 8.40. The summed E-state index contributed by atoms with van der Waals surface area (Å²) >= 11 is 0. The molecular formula is C20H29N3O5Si. The maximum atomic E-state index is 11.9. The fourth-order valence-corrected chi connectivity index (χ4v) is 5.50. The van der Waals surface area contributed by atoms with Gasteiger partial charge < -0.3 is 24.5 Å². The Morgan fingerprint density at radius 1 is 1.38 bits per heavy atom. The fourth-order valence-electron chi connectivity index (χ4n) is 3.85. The largest absolute Gasteiger partial charge is 0.465 e. The molecule has 29 heavy (non-hydrogen) atoms. The van der Waals surface area contributed by atoms with Crippen LogP contribution in [0.3, 0.4) is 0 Å². The molecule has 1 aliphatic heterocycles. The van der Waals surface area contributed by atoms with E-state index in [1.54, 1.807) is 7.05 Å². The zero-order valence-electron chi connectivity index (χ0n) is 17.6. The molecule has 1 atom stereocenters. The molecule has 158 valence electrons. The number of carbonyl (C=O) groups is 2. The SMILES string of the molecule is COC(=O)N(C)c1ccc2[nH]c([Si](C)(C)C)c(C[C@H]3COCCN3C(=O)O)c2c1. The van der Waals surface area contributed by atoms with Gasteiger partial charge in [-0.05, 0) is 30.2 Å². The van der Waals surface area contributed by atoms with Crippen molar-refractivity contribution in [2.45, 2.75) is 32.1 Å². The Kier molecular flexibility index (Phi) is 5.90. The van der Waals surface area contributed by atoms with Crippen LogP contribution >= 0.6 is 0 Å². The van der Waals surface area contributed by atoms with Crippen molar-refractivity contribution in [3.05, 3.63) is 23.8 Å². The van der Waals surface area contributed by atoms with Crippen molar-refractivity contribution in [1.82, 2.24) is 9.88 Å². The average molecular weight is 420 g/mol. The standard InChI is InChI=1S/C20H29N3O5Si/c1-22(20(26)27-2)13-6-7-17-15(10-13)16(18(21-17)29(3,4)5)11-14-12-28-9-8-23(14)19(24)25/h6-7,10,14,21H,8-9,11-12H2,1-5H3,(H,24,25)/t14-/m0/s1. The molecule has 1 aliphatic rings. The number of hydrogen-bond donors (Lipinski definition) is 2. The number of aromatic amines is 1. The lowest BCUT2D eigenvalue weighted by molar-refractivity contribution is 0.000442. The minimum atomic E-state index is -1.74. The highest BCUT2D eigenvalue weighted by molar-refractivity contribution is 6.88. The Hall–Kier alpha value is -2.52. The zero-order valence-corrected chi connectivity index (χ0v) is 18.6. The van der Waals surface area contributed by atoms with Gasteiger partial charge in [-0.2, -0.15) is 0 Å². The van der Waals surface area contributed by atoms with Crippen LogP contribution in [0.5, 0.6) is 0 Å². The number of aromatic nitrogens is 1. The first-order valence-corrected chi connectivity index (χ1v) is 13.2. The number of rotatable bonds is 4. The lowest BCUT2D eigenvalue weighted by atomic mass is 10.0. The average Bonchev–Trinajstić information content (AvgIpc) is 3.05. The topological polar surface area (TPSA) is 95.1 Å². The maximum absolute atomic E-state index is 11.9. The maximum Gasteiger partial charge on any atom is 0.413 e. The number of nitrogens with zero attached hydrogens (tertiary/aromatic N) is 2. The fraction of sp³-hybridized carbons (Fsp3) is 0.500. The molecule has 1 saturated heterocycles. The smallest absolute Gasteiger partial charge is 0.413 e. The molecule has 2 N–H and O–H groups in total. The van der Waals surface area contributed by atoms with Crippen molar-refractivity contribution in [3.8, 4) is 0 Å². The third-order valence-corrected chi connectivity index (χ3v) is 7.32.